The molecule has 0 aliphatic heterocycles. The lowest BCUT2D eigenvalue weighted by molar-refractivity contribution is -0.382. The average Bonchev–Trinajstić information content (AvgIpc) is 2.74. The van der Waals surface area contributed by atoms with Gasteiger partial charge in [0.1, 0.15) is 5.69 Å². The molecule has 1 heterocycles. The third-order valence-corrected chi connectivity index (χ3v) is 3.93. The molecule has 0 amide bonds. The molecular formula is C9H10N4O4S2. The third kappa shape index (κ3) is 3.16. The predicted octanol–water partition coefficient (Wildman–Crippen LogP) is 0.905. The van der Waals surface area contributed by atoms with Crippen LogP contribution in [0.25, 0.3) is 10.2 Å². The van der Waals surface area contributed by atoms with Gasteiger partial charge in [0.15, 0.2) is 5.52 Å². The molecule has 1 aromatic heterocycles. The van der Waals surface area contributed by atoms with Gasteiger partial charge in [0, 0.05) is 6.54 Å². The Kier molecular flexibility index (Phi) is 3.64. The van der Waals surface area contributed by atoms with E-state index in [9.17, 15) is 18.5 Å². The molecule has 0 unspecified atom stereocenters. The van der Waals surface area contributed by atoms with Crippen LogP contribution in [0.4, 0.5) is 11.4 Å². The van der Waals surface area contributed by atoms with Gasteiger partial charge in [-0.1, -0.05) is 0 Å². The summed E-state index contributed by atoms with van der Waals surface area (Å²) in [5.41, 5.74) is 1.88. The van der Waals surface area contributed by atoms with E-state index in [-0.39, 0.29) is 29.2 Å². The third-order valence-electron chi connectivity index (χ3n) is 2.36. The van der Waals surface area contributed by atoms with E-state index in [4.69, 9.17) is 5.14 Å². The monoisotopic (exact) mass is 302 g/mol. The Morgan fingerprint density at radius 3 is 2.84 bits per heavy atom. The fourth-order valence-corrected chi connectivity index (χ4v) is 2.64. The predicted molar refractivity (Wildman–Crippen MR) is 72.7 cm³/mol. The van der Waals surface area contributed by atoms with E-state index in [1.807, 2.05) is 0 Å². The number of sulfonamides is 1. The minimum absolute atomic E-state index is 0.00465. The van der Waals surface area contributed by atoms with Gasteiger partial charge in [0.2, 0.25) is 10.0 Å². The van der Waals surface area contributed by atoms with Crippen LogP contribution in [0.5, 0.6) is 0 Å². The number of primary sulfonamides is 1. The first kappa shape index (κ1) is 13.6. The molecule has 2 aromatic rings. The molecule has 0 fully saturated rings. The van der Waals surface area contributed by atoms with Crippen molar-refractivity contribution in [3.05, 3.63) is 27.8 Å². The highest BCUT2D eigenvalue weighted by Gasteiger charge is 2.20. The summed E-state index contributed by atoms with van der Waals surface area (Å²) in [5.74, 6) is -0.306. The smallest absolute Gasteiger partial charge is 0.319 e. The van der Waals surface area contributed by atoms with Crippen molar-refractivity contribution >= 4 is 43.0 Å². The van der Waals surface area contributed by atoms with Gasteiger partial charge in [-0.05, 0) is 12.1 Å². The lowest BCUT2D eigenvalue weighted by atomic mass is 10.2. The molecule has 0 aliphatic carbocycles. The van der Waals surface area contributed by atoms with E-state index in [2.05, 4.69) is 10.3 Å². The maximum Gasteiger partial charge on any atom is 0.319 e. The van der Waals surface area contributed by atoms with E-state index in [1.165, 1.54) is 22.9 Å². The van der Waals surface area contributed by atoms with Crippen LogP contribution in [-0.4, -0.2) is 30.6 Å². The SMILES string of the molecule is NS(=O)(=O)CCNc1ccc2scnc2c1[N+](=O)[O-]. The van der Waals surface area contributed by atoms with Crippen molar-refractivity contribution in [3.63, 3.8) is 0 Å². The number of hydrogen-bond acceptors (Lipinski definition) is 7. The van der Waals surface area contributed by atoms with Gasteiger partial charge >= 0.3 is 5.69 Å². The molecule has 2 rings (SSSR count). The van der Waals surface area contributed by atoms with Crippen LogP contribution in [0.15, 0.2) is 17.6 Å². The molecule has 102 valence electrons. The number of nitrogens with one attached hydrogen (secondary N) is 1. The van der Waals surface area contributed by atoms with Crippen LogP contribution in [0.1, 0.15) is 0 Å². The second-order valence-corrected chi connectivity index (χ2v) is 6.33. The Morgan fingerprint density at radius 1 is 1.47 bits per heavy atom. The second kappa shape index (κ2) is 5.07. The highest BCUT2D eigenvalue weighted by atomic mass is 32.2. The average molecular weight is 302 g/mol. The number of hydrogen-bond donors (Lipinski definition) is 2. The van der Waals surface area contributed by atoms with Crippen LogP contribution in [0.3, 0.4) is 0 Å². The van der Waals surface area contributed by atoms with Crippen LogP contribution >= 0.6 is 11.3 Å². The van der Waals surface area contributed by atoms with E-state index >= 15 is 0 Å². The number of thiazole rings is 1. The summed E-state index contributed by atoms with van der Waals surface area (Å²) in [7, 11) is -3.60. The van der Waals surface area contributed by atoms with Crippen molar-refractivity contribution in [2.45, 2.75) is 0 Å². The number of anilines is 1. The molecule has 3 N–H and O–H groups in total. The molecule has 0 atom stereocenters. The number of rotatable bonds is 5. The molecule has 8 nitrogen and oxygen atoms in total. The van der Waals surface area contributed by atoms with Gasteiger partial charge in [-0.25, -0.2) is 18.5 Å². The summed E-state index contributed by atoms with van der Waals surface area (Å²) in [5, 5.41) is 18.6. The quantitative estimate of drug-likeness (QED) is 0.624. The molecule has 1 aromatic carbocycles. The first-order valence-corrected chi connectivity index (χ1v) is 7.73. The Hall–Kier alpha value is -1.78. The summed E-state index contributed by atoms with van der Waals surface area (Å²) in [6.07, 6.45) is 0. The number of nitro benzene ring substituents is 1. The van der Waals surface area contributed by atoms with E-state index in [0.717, 1.165) is 0 Å². The lowest BCUT2D eigenvalue weighted by Crippen LogP contribution is -2.22. The van der Waals surface area contributed by atoms with E-state index in [0.29, 0.717) is 4.70 Å². The topological polar surface area (TPSA) is 128 Å². The Morgan fingerprint density at radius 2 is 2.21 bits per heavy atom. The Bertz CT molecular complexity index is 725. The van der Waals surface area contributed by atoms with Crippen molar-refractivity contribution < 1.29 is 13.3 Å². The lowest BCUT2D eigenvalue weighted by Gasteiger charge is -2.06. The van der Waals surface area contributed by atoms with Gasteiger partial charge in [-0.3, -0.25) is 10.1 Å². The van der Waals surface area contributed by atoms with E-state index in [1.54, 1.807) is 6.07 Å². The molecule has 0 saturated carbocycles. The summed E-state index contributed by atoms with van der Waals surface area (Å²) in [6, 6.07) is 3.22. The summed E-state index contributed by atoms with van der Waals surface area (Å²) in [6.45, 7) is -0.00465. The molecule has 0 bridgehead atoms. The van der Waals surface area contributed by atoms with Crippen molar-refractivity contribution in [2.75, 3.05) is 17.6 Å². The van der Waals surface area contributed by atoms with Crippen molar-refractivity contribution in [1.82, 2.24) is 4.98 Å². The van der Waals surface area contributed by atoms with Crippen LogP contribution in [0, 0.1) is 10.1 Å². The van der Waals surface area contributed by atoms with Gasteiger partial charge < -0.3 is 5.32 Å². The molecule has 0 aliphatic rings. The zero-order valence-corrected chi connectivity index (χ0v) is 11.2. The first-order valence-electron chi connectivity index (χ1n) is 5.13. The molecular weight excluding hydrogens is 292 g/mol. The zero-order valence-electron chi connectivity index (χ0n) is 9.57. The van der Waals surface area contributed by atoms with Gasteiger partial charge in [-0.2, -0.15) is 0 Å². The number of nitrogens with zero attached hydrogens (tertiary/aromatic N) is 2. The maximum absolute atomic E-state index is 11.1. The van der Waals surface area contributed by atoms with Crippen LogP contribution in [-0.2, 0) is 10.0 Å². The van der Waals surface area contributed by atoms with Crippen molar-refractivity contribution in [2.24, 2.45) is 5.14 Å². The van der Waals surface area contributed by atoms with E-state index < -0.39 is 14.9 Å². The second-order valence-electron chi connectivity index (χ2n) is 3.71. The molecule has 19 heavy (non-hydrogen) atoms. The standard InChI is InChI=1S/C9H10N4O4S2/c10-19(16,17)4-3-11-6-1-2-7-8(12-5-18-7)9(6)13(14)15/h1-2,5,11H,3-4H2,(H2,10,16,17). The van der Waals surface area contributed by atoms with Gasteiger partial charge in [0.25, 0.3) is 0 Å². The summed E-state index contributed by atoms with van der Waals surface area (Å²) < 4.78 is 22.3. The molecule has 0 saturated heterocycles. The molecule has 0 spiro atoms. The minimum Gasteiger partial charge on any atom is -0.378 e. The number of nitro groups is 1. The fourth-order valence-electron chi connectivity index (χ4n) is 1.57. The van der Waals surface area contributed by atoms with Gasteiger partial charge in [0.05, 0.1) is 20.9 Å². The summed E-state index contributed by atoms with van der Waals surface area (Å²) >= 11 is 1.30. The first-order chi connectivity index (χ1) is 8.88. The summed E-state index contributed by atoms with van der Waals surface area (Å²) in [4.78, 5) is 14.5. The highest BCUT2D eigenvalue weighted by Crippen LogP contribution is 2.34. The number of aromatic nitrogens is 1. The maximum atomic E-state index is 11.1. The number of nitrogens with two attached hydrogens (primary N) is 1. The molecule has 0 radical (unpaired) electrons. The largest absolute Gasteiger partial charge is 0.378 e. The van der Waals surface area contributed by atoms with Crippen molar-refractivity contribution in [1.29, 1.82) is 0 Å². The number of fused-ring (bicyclic) bond motifs is 1. The van der Waals surface area contributed by atoms with Gasteiger partial charge in [-0.15, -0.1) is 11.3 Å². The Labute approximate surface area is 112 Å². The van der Waals surface area contributed by atoms with Crippen molar-refractivity contribution in [3.8, 4) is 0 Å². The highest BCUT2D eigenvalue weighted by molar-refractivity contribution is 7.89. The normalized spacial score (nSPS) is 11.6. The molecule has 10 heteroatoms. The Balaban J connectivity index is 2.32. The van der Waals surface area contributed by atoms with Crippen LogP contribution in [0.2, 0.25) is 0 Å². The van der Waals surface area contributed by atoms with Crippen LogP contribution < -0.4 is 10.5 Å². The fraction of sp³-hybridized carbons (Fsp3) is 0.222. The minimum atomic E-state index is -3.60. The zero-order chi connectivity index (χ0) is 14.0. The number of benzene rings is 1.